The van der Waals surface area contributed by atoms with E-state index < -0.39 is 17.2 Å². The van der Waals surface area contributed by atoms with Crippen molar-refractivity contribution in [2.45, 2.75) is 13.5 Å². The predicted octanol–water partition coefficient (Wildman–Crippen LogP) is 3.82. The van der Waals surface area contributed by atoms with Crippen molar-refractivity contribution in [1.29, 1.82) is 0 Å². The van der Waals surface area contributed by atoms with Crippen molar-refractivity contribution in [2.75, 3.05) is 12.4 Å². The number of benzene rings is 2. The minimum atomic E-state index is -0.634. The monoisotopic (exact) mass is 455 g/mol. The largest absolute Gasteiger partial charge is 0.495 e. The van der Waals surface area contributed by atoms with Gasteiger partial charge in [0.05, 0.1) is 29.0 Å². The summed E-state index contributed by atoms with van der Waals surface area (Å²) in [6, 6.07) is 13.7. The van der Waals surface area contributed by atoms with E-state index in [1.807, 2.05) is 13.0 Å². The molecule has 0 aliphatic heterocycles. The number of hydrogen-bond acceptors (Lipinski definition) is 5. The van der Waals surface area contributed by atoms with Gasteiger partial charge in [-0.1, -0.05) is 29.8 Å². The highest BCUT2D eigenvalue weighted by atomic mass is 35.5. The molecule has 4 aromatic rings. The van der Waals surface area contributed by atoms with Crippen LogP contribution >= 0.6 is 22.9 Å². The molecule has 1 amide bonds. The summed E-state index contributed by atoms with van der Waals surface area (Å²) in [5, 5.41) is 4.84. The van der Waals surface area contributed by atoms with Crippen LogP contribution in [-0.2, 0) is 11.3 Å². The van der Waals surface area contributed by atoms with E-state index >= 15 is 0 Å². The smallest absolute Gasteiger partial charge is 0.336 e. The lowest BCUT2D eigenvalue weighted by Gasteiger charge is -2.14. The number of aryl methyl sites for hydroxylation is 1. The summed E-state index contributed by atoms with van der Waals surface area (Å²) in [6.45, 7) is 1.61. The third kappa shape index (κ3) is 3.87. The van der Waals surface area contributed by atoms with E-state index in [0.717, 1.165) is 10.1 Å². The fourth-order valence-corrected chi connectivity index (χ4v) is 4.43. The SMILES string of the molecule is COc1ccccc1-n1c(=O)c2sccc2n(CC(=O)Nc2ccc(C)cc2Cl)c1=O. The number of ether oxygens (including phenoxy) is 1. The number of carbonyl (C=O) groups excluding carboxylic acids is 1. The highest BCUT2D eigenvalue weighted by molar-refractivity contribution is 7.17. The van der Waals surface area contributed by atoms with Gasteiger partial charge in [-0.2, -0.15) is 0 Å². The molecule has 0 spiro atoms. The highest BCUT2D eigenvalue weighted by Crippen LogP contribution is 2.24. The van der Waals surface area contributed by atoms with Crippen molar-refractivity contribution in [1.82, 2.24) is 9.13 Å². The standard InChI is InChI=1S/C22H18ClN3O4S/c1-13-7-8-15(14(23)11-13)24-19(27)12-25-17-9-10-31-20(17)21(28)26(22(25)29)16-5-3-4-6-18(16)30-2/h3-11H,12H2,1-2H3,(H,24,27). The van der Waals surface area contributed by atoms with E-state index in [9.17, 15) is 14.4 Å². The van der Waals surface area contributed by atoms with Crippen LogP contribution in [0.1, 0.15) is 5.56 Å². The summed E-state index contributed by atoms with van der Waals surface area (Å²) in [7, 11) is 1.46. The number of rotatable bonds is 5. The maximum absolute atomic E-state index is 13.3. The quantitative estimate of drug-likeness (QED) is 0.496. The van der Waals surface area contributed by atoms with Crippen molar-refractivity contribution in [2.24, 2.45) is 0 Å². The van der Waals surface area contributed by atoms with Crippen molar-refractivity contribution in [3.63, 3.8) is 0 Å². The van der Waals surface area contributed by atoms with E-state index in [0.29, 0.717) is 32.4 Å². The molecule has 2 aromatic heterocycles. The Bertz CT molecular complexity index is 1420. The van der Waals surface area contributed by atoms with Gasteiger partial charge in [0.25, 0.3) is 5.56 Å². The molecule has 0 bridgehead atoms. The molecular weight excluding hydrogens is 438 g/mol. The summed E-state index contributed by atoms with van der Waals surface area (Å²) in [4.78, 5) is 39.2. The van der Waals surface area contributed by atoms with Gasteiger partial charge in [0.1, 0.15) is 17.0 Å². The summed E-state index contributed by atoms with van der Waals surface area (Å²) in [5.41, 5.74) is 1.03. The Balaban J connectivity index is 1.81. The van der Waals surface area contributed by atoms with Crippen LogP contribution in [0.25, 0.3) is 15.9 Å². The first-order valence-electron chi connectivity index (χ1n) is 9.33. The molecule has 4 rings (SSSR count). The summed E-state index contributed by atoms with van der Waals surface area (Å²) < 4.78 is 8.00. The Hall–Kier alpha value is -3.36. The molecule has 9 heteroatoms. The van der Waals surface area contributed by atoms with Crippen molar-refractivity contribution >= 4 is 44.7 Å². The van der Waals surface area contributed by atoms with Gasteiger partial charge in [-0.15, -0.1) is 11.3 Å². The zero-order valence-electron chi connectivity index (χ0n) is 16.7. The topological polar surface area (TPSA) is 82.3 Å². The van der Waals surface area contributed by atoms with Crippen LogP contribution < -0.4 is 21.3 Å². The Labute approximate surface area is 186 Å². The molecule has 158 valence electrons. The van der Waals surface area contributed by atoms with Gasteiger partial charge < -0.3 is 10.1 Å². The van der Waals surface area contributed by atoms with Crippen LogP contribution in [0.4, 0.5) is 5.69 Å². The van der Waals surface area contributed by atoms with Gasteiger partial charge in [-0.05, 0) is 48.2 Å². The number of carbonyl (C=O) groups is 1. The van der Waals surface area contributed by atoms with Gasteiger partial charge in [0.2, 0.25) is 5.91 Å². The average molecular weight is 456 g/mol. The lowest BCUT2D eigenvalue weighted by molar-refractivity contribution is -0.116. The second-order valence-corrected chi connectivity index (χ2v) is 8.17. The van der Waals surface area contributed by atoms with Crippen LogP contribution in [0.5, 0.6) is 5.75 Å². The average Bonchev–Trinajstić information content (AvgIpc) is 3.24. The number of methoxy groups -OCH3 is 1. The van der Waals surface area contributed by atoms with Gasteiger partial charge in [0, 0.05) is 0 Å². The number of halogens is 1. The van der Waals surface area contributed by atoms with Crippen molar-refractivity contribution < 1.29 is 9.53 Å². The number of para-hydroxylation sites is 2. The number of hydrogen-bond donors (Lipinski definition) is 1. The molecule has 0 radical (unpaired) electrons. The normalized spacial score (nSPS) is 10.9. The maximum atomic E-state index is 13.3. The van der Waals surface area contributed by atoms with Crippen LogP contribution in [0.3, 0.4) is 0 Å². The van der Waals surface area contributed by atoms with Gasteiger partial charge in [0.15, 0.2) is 0 Å². The molecule has 0 atom stereocenters. The molecule has 0 aliphatic carbocycles. The number of thiophene rings is 1. The third-order valence-corrected chi connectivity index (χ3v) is 5.99. The minimum absolute atomic E-state index is 0.286. The van der Waals surface area contributed by atoms with Crippen LogP contribution in [0, 0.1) is 6.92 Å². The summed E-state index contributed by atoms with van der Waals surface area (Å²) >= 11 is 7.41. The Morgan fingerprint density at radius 2 is 1.94 bits per heavy atom. The lowest BCUT2D eigenvalue weighted by atomic mass is 10.2. The van der Waals surface area contributed by atoms with Crippen LogP contribution in [0.15, 0.2) is 63.5 Å². The van der Waals surface area contributed by atoms with Crippen molar-refractivity contribution in [3.05, 3.63) is 85.3 Å². The van der Waals surface area contributed by atoms with E-state index in [1.54, 1.807) is 47.8 Å². The zero-order valence-corrected chi connectivity index (χ0v) is 18.3. The summed E-state index contributed by atoms with van der Waals surface area (Å²) in [5.74, 6) is -0.0642. The van der Waals surface area contributed by atoms with E-state index in [2.05, 4.69) is 5.32 Å². The molecule has 2 heterocycles. The zero-order chi connectivity index (χ0) is 22.1. The lowest BCUT2D eigenvalue weighted by Crippen LogP contribution is -2.40. The molecule has 0 aliphatic rings. The third-order valence-electron chi connectivity index (χ3n) is 4.78. The first kappa shape index (κ1) is 20.9. The van der Waals surface area contributed by atoms with E-state index in [-0.39, 0.29) is 6.54 Å². The van der Waals surface area contributed by atoms with Gasteiger partial charge in [-0.3, -0.25) is 14.2 Å². The first-order valence-corrected chi connectivity index (χ1v) is 10.6. The molecule has 31 heavy (non-hydrogen) atoms. The molecule has 1 N–H and O–H groups in total. The van der Waals surface area contributed by atoms with Crippen LogP contribution in [0.2, 0.25) is 5.02 Å². The maximum Gasteiger partial charge on any atom is 0.336 e. The first-order chi connectivity index (χ1) is 14.9. The number of nitrogens with zero attached hydrogens (tertiary/aromatic N) is 2. The predicted molar refractivity (Wildman–Crippen MR) is 123 cm³/mol. The Morgan fingerprint density at radius 1 is 1.16 bits per heavy atom. The molecule has 0 saturated heterocycles. The van der Waals surface area contributed by atoms with Gasteiger partial charge in [-0.25, -0.2) is 9.36 Å². The van der Waals surface area contributed by atoms with Crippen LogP contribution in [-0.4, -0.2) is 22.2 Å². The van der Waals surface area contributed by atoms with Crippen molar-refractivity contribution in [3.8, 4) is 11.4 Å². The molecular formula is C22H18ClN3O4S. The fraction of sp³-hybridized carbons (Fsp3) is 0.136. The number of aromatic nitrogens is 2. The number of anilines is 1. The Kier molecular flexibility index (Phi) is 5.67. The second kappa shape index (κ2) is 8.41. The fourth-order valence-electron chi connectivity index (χ4n) is 3.32. The van der Waals surface area contributed by atoms with E-state index in [4.69, 9.17) is 16.3 Å². The van der Waals surface area contributed by atoms with Gasteiger partial charge >= 0.3 is 5.69 Å². The minimum Gasteiger partial charge on any atom is -0.495 e. The molecule has 0 saturated carbocycles. The molecule has 7 nitrogen and oxygen atoms in total. The molecule has 0 unspecified atom stereocenters. The number of fused-ring (bicyclic) bond motifs is 1. The second-order valence-electron chi connectivity index (χ2n) is 6.85. The molecule has 2 aromatic carbocycles. The highest BCUT2D eigenvalue weighted by Gasteiger charge is 2.19. The molecule has 0 fully saturated rings. The number of nitrogens with one attached hydrogen (secondary N) is 1. The Morgan fingerprint density at radius 3 is 2.68 bits per heavy atom. The van der Waals surface area contributed by atoms with E-state index in [1.165, 1.54) is 23.0 Å². The summed E-state index contributed by atoms with van der Waals surface area (Å²) in [6.07, 6.45) is 0. The number of amides is 1.